The van der Waals surface area contributed by atoms with Gasteiger partial charge in [-0.3, -0.25) is 14.4 Å². The second-order valence-electron chi connectivity index (χ2n) is 8.72. The zero-order chi connectivity index (χ0) is 21.8. The van der Waals surface area contributed by atoms with Gasteiger partial charge in [0, 0.05) is 75.9 Å². The Labute approximate surface area is 184 Å². The van der Waals surface area contributed by atoms with Gasteiger partial charge in [-0.25, -0.2) is 0 Å². The Morgan fingerprint density at radius 2 is 1.97 bits per heavy atom. The van der Waals surface area contributed by atoms with Crippen molar-refractivity contribution in [2.75, 3.05) is 32.8 Å². The first-order valence-corrected chi connectivity index (χ1v) is 11.4. The molecule has 3 heterocycles. The number of amides is 1. The van der Waals surface area contributed by atoms with Crippen LogP contribution < -0.4 is 4.74 Å². The second-order valence-corrected chi connectivity index (χ2v) is 8.72. The van der Waals surface area contributed by atoms with Crippen molar-refractivity contribution in [3.8, 4) is 5.75 Å². The molecule has 31 heavy (non-hydrogen) atoms. The lowest BCUT2D eigenvalue weighted by atomic mass is 10.0. The van der Waals surface area contributed by atoms with E-state index in [1.165, 1.54) is 16.8 Å². The van der Waals surface area contributed by atoms with Crippen molar-refractivity contribution in [3.63, 3.8) is 0 Å². The number of morpholine rings is 1. The van der Waals surface area contributed by atoms with Crippen molar-refractivity contribution >= 4 is 5.91 Å². The summed E-state index contributed by atoms with van der Waals surface area (Å²) in [6.07, 6.45) is 2.33. The summed E-state index contributed by atoms with van der Waals surface area (Å²) in [7, 11) is 2.02. The second kappa shape index (κ2) is 9.83. The van der Waals surface area contributed by atoms with E-state index < -0.39 is 0 Å². The van der Waals surface area contributed by atoms with E-state index in [-0.39, 0.29) is 12.0 Å². The molecule has 7 nitrogen and oxygen atoms in total. The molecular weight excluding hydrogens is 392 g/mol. The molecular formula is C24H34N4O3. The molecule has 168 valence electrons. The van der Waals surface area contributed by atoms with Gasteiger partial charge in [-0.2, -0.15) is 5.10 Å². The van der Waals surface area contributed by atoms with Crippen LogP contribution in [0.1, 0.15) is 42.8 Å². The predicted molar refractivity (Wildman–Crippen MR) is 119 cm³/mol. The van der Waals surface area contributed by atoms with Gasteiger partial charge >= 0.3 is 0 Å². The van der Waals surface area contributed by atoms with E-state index >= 15 is 0 Å². The number of para-hydroxylation sites is 1. The number of ether oxygens (including phenoxy) is 2. The minimum atomic E-state index is 0.156. The van der Waals surface area contributed by atoms with E-state index in [1.54, 1.807) is 0 Å². The van der Waals surface area contributed by atoms with Gasteiger partial charge in [0.1, 0.15) is 5.75 Å². The lowest BCUT2D eigenvalue weighted by molar-refractivity contribution is -0.135. The van der Waals surface area contributed by atoms with Crippen molar-refractivity contribution in [2.45, 2.75) is 52.3 Å². The fraction of sp³-hybridized carbons (Fsp3) is 0.583. The zero-order valence-corrected chi connectivity index (χ0v) is 19.0. The standard InChI is InChI=1S/C24H34N4O3/c1-18(2)31-23-7-5-4-6-19(23)16-27-11-10-22-20(17-27)21(25-26(22)3)8-9-24(29)28-12-14-30-15-13-28/h4-7,18H,8-17H2,1-3H3. The van der Waals surface area contributed by atoms with Crippen molar-refractivity contribution in [2.24, 2.45) is 7.05 Å². The van der Waals surface area contributed by atoms with Gasteiger partial charge in [0.25, 0.3) is 0 Å². The van der Waals surface area contributed by atoms with Gasteiger partial charge in [0.05, 0.1) is 25.0 Å². The van der Waals surface area contributed by atoms with E-state index in [9.17, 15) is 4.79 Å². The molecule has 2 aliphatic heterocycles. The number of rotatable bonds is 7. The lowest BCUT2D eigenvalue weighted by Crippen LogP contribution is -2.40. The number of benzene rings is 1. The van der Waals surface area contributed by atoms with Gasteiger partial charge in [0.15, 0.2) is 0 Å². The first-order valence-electron chi connectivity index (χ1n) is 11.4. The summed E-state index contributed by atoms with van der Waals surface area (Å²) in [6, 6.07) is 8.31. The summed E-state index contributed by atoms with van der Waals surface area (Å²) in [5, 5.41) is 4.78. The molecule has 0 bridgehead atoms. The number of fused-ring (bicyclic) bond motifs is 1. The van der Waals surface area contributed by atoms with Crippen LogP contribution in [0.3, 0.4) is 0 Å². The Balaban J connectivity index is 1.42. The van der Waals surface area contributed by atoms with E-state index in [0.717, 1.165) is 37.5 Å². The summed E-state index contributed by atoms with van der Waals surface area (Å²) in [4.78, 5) is 17.0. The molecule has 4 rings (SSSR count). The highest BCUT2D eigenvalue weighted by molar-refractivity contribution is 5.76. The van der Waals surface area contributed by atoms with Crippen LogP contribution in [0, 0.1) is 0 Å². The number of aryl methyl sites for hydroxylation is 2. The first kappa shape index (κ1) is 21.8. The van der Waals surface area contributed by atoms with E-state index in [1.807, 2.05) is 22.7 Å². The van der Waals surface area contributed by atoms with E-state index in [0.29, 0.717) is 39.1 Å². The molecule has 0 N–H and O–H groups in total. The fourth-order valence-corrected chi connectivity index (χ4v) is 4.50. The molecule has 0 aliphatic carbocycles. The molecule has 0 radical (unpaired) electrons. The molecule has 2 aliphatic rings. The van der Waals surface area contributed by atoms with Gasteiger partial charge in [-0.1, -0.05) is 18.2 Å². The van der Waals surface area contributed by atoms with Crippen molar-refractivity contribution in [3.05, 3.63) is 46.8 Å². The summed E-state index contributed by atoms with van der Waals surface area (Å²) < 4.78 is 13.4. The molecule has 1 saturated heterocycles. The highest BCUT2D eigenvalue weighted by Crippen LogP contribution is 2.27. The molecule has 0 atom stereocenters. The van der Waals surface area contributed by atoms with Crippen LogP contribution in [-0.2, 0) is 42.5 Å². The molecule has 2 aromatic rings. The van der Waals surface area contributed by atoms with Crippen LogP contribution in [0.15, 0.2) is 24.3 Å². The normalized spacial score (nSPS) is 17.1. The minimum Gasteiger partial charge on any atom is -0.491 e. The van der Waals surface area contributed by atoms with Gasteiger partial charge in [-0.05, 0) is 19.9 Å². The molecule has 1 fully saturated rings. The number of carbonyl (C=O) groups is 1. The number of hydrogen-bond acceptors (Lipinski definition) is 5. The van der Waals surface area contributed by atoms with Crippen LogP contribution >= 0.6 is 0 Å². The van der Waals surface area contributed by atoms with Crippen molar-refractivity contribution < 1.29 is 14.3 Å². The number of hydrogen-bond donors (Lipinski definition) is 0. The summed E-state index contributed by atoms with van der Waals surface area (Å²) in [5.74, 6) is 1.17. The summed E-state index contributed by atoms with van der Waals surface area (Å²) >= 11 is 0. The van der Waals surface area contributed by atoms with Crippen LogP contribution in [0.2, 0.25) is 0 Å². The Hall–Kier alpha value is -2.38. The lowest BCUT2D eigenvalue weighted by Gasteiger charge is -2.29. The van der Waals surface area contributed by atoms with Gasteiger partial charge < -0.3 is 14.4 Å². The molecule has 0 spiro atoms. The van der Waals surface area contributed by atoms with Crippen LogP contribution in [-0.4, -0.2) is 64.4 Å². The van der Waals surface area contributed by atoms with Crippen LogP contribution in [0.5, 0.6) is 5.75 Å². The third kappa shape index (κ3) is 5.28. The molecule has 7 heteroatoms. The number of aromatic nitrogens is 2. The van der Waals surface area contributed by atoms with Crippen LogP contribution in [0.4, 0.5) is 0 Å². The third-order valence-electron chi connectivity index (χ3n) is 6.07. The fourth-order valence-electron chi connectivity index (χ4n) is 4.50. The summed E-state index contributed by atoms with van der Waals surface area (Å²) in [6.45, 7) is 9.51. The van der Waals surface area contributed by atoms with Crippen molar-refractivity contribution in [1.82, 2.24) is 19.6 Å². The first-order chi connectivity index (χ1) is 15.0. The van der Waals surface area contributed by atoms with E-state index in [2.05, 4.69) is 36.9 Å². The Morgan fingerprint density at radius 3 is 2.74 bits per heavy atom. The maximum absolute atomic E-state index is 12.6. The predicted octanol–water partition coefficient (Wildman–Crippen LogP) is 2.56. The Morgan fingerprint density at radius 1 is 1.19 bits per heavy atom. The smallest absolute Gasteiger partial charge is 0.223 e. The van der Waals surface area contributed by atoms with E-state index in [4.69, 9.17) is 14.6 Å². The highest BCUT2D eigenvalue weighted by Gasteiger charge is 2.25. The number of nitrogens with zero attached hydrogens (tertiary/aromatic N) is 4. The summed E-state index contributed by atoms with van der Waals surface area (Å²) in [5.41, 5.74) is 4.88. The quantitative estimate of drug-likeness (QED) is 0.681. The van der Waals surface area contributed by atoms with Gasteiger partial charge in [-0.15, -0.1) is 0 Å². The monoisotopic (exact) mass is 426 g/mol. The highest BCUT2D eigenvalue weighted by atomic mass is 16.5. The average Bonchev–Trinajstić information content (AvgIpc) is 3.08. The Kier molecular flexibility index (Phi) is 6.92. The molecule has 0 saturated carbocycles. The van der Waals surface area contributed by atoms with Gasteiger partial charge in [0.2, 0.25) is 5.91 Å². The molecule has 1 aromatic carbocycles. The molecule has 1 aromatic heterocycles. The third-order valence-corrected chi connectivity index (χ3v) is 6.07. The number of carbonyl (C=O) groups excluding carboxylic acids is 1. The SMILES string of the molecule is CC(C)Oc1ccccc1CN1CCc2c(c(CCC(=O)N3CCOCC3)nn2C)C1. The molecule has 0 unspecified atom stereocenters. The molecule has 1 amide bonds. The average molecular weight is 427 g/mol. The van der Waals surface area contributed by atoms with Crippen LogP contribution in [0.25, 0.3) is 0 Å². The maximum atomic E-state index is 12.6. The largest absolute Gasteiger partial charge is 0.491 e. The minimum absolute atomic E-state index is 0.156. The zero-order valence-electron chi connectivity index (χ0n) is 19.0. The maximum Gasteiger partial charge on any atom is 0.223 e. The Bertz CT molecular complexity index is 902. The van der Waals surface area contributed by atoms with Crippen molar-refractivity contribution in [1.29, 1.82) is 0 Å². The topological polar surface area (TPSA) is 59.8 Å².